The zero-order valence-electron chi connectivity index (χ0n) is 11.3. The molecule has 0 bridgehead atoms. The van der Waals surface area contributed by atoms with E-state index in [0.29, 0.717) is 0 Å². The summed E-state index contributed by atoms with van der Waals surface area (Å²) in [6.07, 6.45) is 0. The zero-order valence-corrected chi connectivity index (χ0v) is 12.1. The molecule has 1 aromatic rings. The Balaban J connectivity index is 2.56. The summed E-state index contributed by atoms with van der Waals surface area (Å²) in [5.41, 5.74) is 1.11. The molecule has 100 valence electrons. The predicted octanol–water partition coefficient (Wildman–Crippen LogP) is 2.90. The Kier molecular flexibility index (Phi) is 5.63. The first kappa shape index (κ1) is 15.0. The number of nitrogens with one attached hydrogen (secondary N) is 2. The first-order valence-electron chi connectivity index (χ1n) is 6.22. The van der Waals surface area contributed by atoms with Crippen LogP contribution in [0.4, 0.5) is 0 Å². The molecule has 0 radical (unpaired) electrons. The quantitative estimate of drug-likeness (QED) is 0.862. The van der Waals surface area contributed by atoms with E-state index in [1.807, 2.05) is 52.0 Å². The Hall–Kier alpha value is -1.06. The summed E-state index contributed by atoms with van der Waals surface area (Å²) in [5, 5.41) is 6.87. The van der Waals surface area contributed by atoms with Crippen LogP contribution < -0.4 is 10.6 Å². The molecule has 0 aliphatic carbocycles. The average molecular weight is 269 g/mol. The first-order chi connectivity index (χ1) is 8.40. The van der Waals surface area contributed by atoms with Gasteiger partial charge in [0.15, 0.2) is 0 Å². The number of carbonyl (C=O) groups is 1. The molecule has 4 heteroatoms. The molecule has 0 aliphatic heterocycles. The van der Waals surface area contributed by atoms with Crippen molar-refractivity contribution in [3.8, 4) is 0 Å². The van der Waals surface area contributed by atoms with Gasteiger partial charge in [0.2, 0.25) is 5.91 Å². The van der Waals surface area contributed by atoms with E-state index in [1.54, 1.807) is 0 Å². The molecule has 2 atom stereocenters. The summed E-state index contributed by atoms with van der Waals surface area (Å²) in [6.45, 7) is 7.80. The molecule has 0 fully saturated rings. The molecule has 0 aromatic heterocycles. The molecule has 1 amide bonds. The second kappa shape index (κ2) is 6.76. The van der Waals surface area contributed by atoms with Crippen LogP contribution in [0.5, 0.6) is 0 Å². The van der Waals surface area contributed by atoms with Crippen molar-refractivity contribution in [1.82, 2.24) is 10.6 Å². The Bertz CT molecular complexity index is 389. The molecule has 0 aliphatic rings. The van der Waals surface area contributed by atoms with Crippen molar-refractivity contribution in [2.75, 3.05) is 0 Å². The number of amides is 1. The summed E-state index contributed by atoms with van der Waals surface area (Å²) >= 11 is 5.85. The van der Waals surface area contributed by atoms with Crippen molar-refractivity contribution in [1.29, 1.82) is 0 Å². The van der Waals surface area contributed by atoms with Crippen LogP contribution in [0, 0.1) is 0 Å². The van der Waals surface area contributed by atoms with Gasteiger partial charge in [0.05, 0.1) is 6.04 Å². The molecular formula is C14H21ClN2O. The fourth-order valence-corrected chi connectivity index (χ4v) is 1.83. The van der Waals surface area contributed by atoms with E-state index in [4.69, 9.17) is 11.6 Å². The standard InChI is InChI=1S/C14H21ClN2O/c1-9(2)16-14(18)11(4)17-10(3)12-5-7-13(15)8-6-12/h5-11,17H,1-4H3,(H,16,18)/t10-,11+/m1/s1. The van der Waals surface area contributed by atoms with Crippen molar-refractivity contribution in [2.45, 2.75) is 45.8 Å². The van der Waals surface area contributed by atoms with Crippen molar-refractivity contribution in [3.63, 3.8) is 0 Å². The van der Waals surface area contributed by atoms with E-state index < -0.39 is 0 Å². The van der Waals surface area contributed by atoms with Crippen LogP contribution >= 0.6 is 11.6 Å². The molecule has 18 heavy (non-hydrogen) atoms. The normalized spacial score (nSPS) is 14.3. The predicted molar refractivity (Wildman–Crippen MR) is 75.7 cm³/mol. The third-order valence-electron chi connectivity index (χ3n) is 2.69. The van der Waals surface area contributed by atoms with Gasteiger partial charge in [0.1, 0.15) is 0 Å². The first-order valence-corrected chi connectivity index (χ1v) is 6.60. The summed E-state index contributed by atoms with van der Waals surface area (Å²) in [6, 6.07) is 7.68. The highest BCUT2D eigenvalue weighted by atomic mass is 35.5. The maximum absolute atomic E-state index is 11.8. The lowest BCUT2D eigenvalue weighted by Crippen LogP contribution is -2.45. The van der Waals surface area contributed by atoms with Gasteiger partial charge in [0.25, 0.3) is 0 Å². The van der Waals surface area contributed by atoms with Gasteiger partial charge in [-0.05, 0) is 45.4 Å². The largest absolute Gasteiger partial charge is 0.353 e. The van der Waals surface area contributed by atoms with Gasteiger partial charge >= 0.3 is 0 Å². The lowest BCUT2D eigenvalue weighted by molar-refractivity contribution is -0.123. The lowest BCUT2D eigenvalue weighted by Gasteiger charge is -2.21. The monoisotopic (exact) mass is 268 g/mol. The fraction of sp³-hybridized carbons (Fsp3) is 0.500. The number of rotatable bonds is 5. The van der Waals surface area contributed by atoms with Crippen molar-refractivity contribution in [3.05, 3.63) is 34.9 Å². The number of carbonyl (C=O) groups excluding carboxylic acids is 1. The average Bonchev–Trinajstić information content (AvgIpc) is 2.28. The highest BCUT2D eigenvalue weighted by Gasteiger charge is 2.16. The second-order valence-corrected chi connectivity index (χ2v) is 5.26. The summed E-state index contributed by atoms with van der Waals surface area (Å²) in [7, 11) is 0. The van der Waals surface area contributed by atoms with Gasteiger partial charge in [-0.15, -0.1) is 0 Å². The van der Waals surface area contributed by atoms with Gasteiger partial charge in [0, 0.05) is 17.1 Å². The molecule has 0 spiro atoms. The second-order valence-electron chi connectivity index (χ2n) is 4.82. The Morgan fingerprint density at radius 2 is 1.67 bits per heavy atom. The molecule has 1 rings (SSSR count). The van der Waals surface area contributed by atoms with Crippen LogP contribution in [0.3, 0.4) is 0 Å². The topological polar surface area (TPSA) is 41.1 Å². The molecule has 0 saturated carbocycles. The fourth-order valence-electron chi connectivity index (χ4n) is 1.71. The number of halogens is 1. The van der Waals surface area contributed by atoms with E-state index in [1.165, 1.54) is 0 Å². The van der Waals surface area contributed by atoms with Gasteiger partial charge in [-0.2, -0.15) is 0 Å². The third-order valence-corrected chi connectivity index (χ3v) is 2.95. The minimum absolute atomic E-state index is 0.0193. The molecule has 2 N–H and O–H groups in total. The summed E-state index contributed by atoms with van der Waals surface area (Å²) < 4.78 is 0. The van der Waals surface area contributed by atoms with E-state index >= 15 is 0 Å². The molecule has 1 aromatic carbocycles. The van der Waals surface area contributed by atoms with Gasteiger partial charge < -0.3 is 5.32 Å². The van der Waals surface area contributed by atoms with Crippen molar-refractivity contribution >= 4 is 17.5 Å². The number of hydrogen-bond acceptors (Lipinski definition) is 2. The minimum Gasteiger partial charge on any atom is -0.353 e. The molecule has 0 heterocycles. The zero-order chi connectivity index (χ0) is 13.7. The third kappa shape index (κ3) is 4.67. The van der Waals surface area contributed by atoms with Crippen molar-refractivity contribution in [2.24, 2.45) is 0 Å². The van der Waals surface area contributed by atoms with Gasteiger partial charge in [-0.1, -0.05) is 23.7 Å². The number of benzene rings is 1. The Labute approximate surface area is 114 Å². The molecule has 0 saturated heterocycles. The highest BCUT2D eigenvalue weighted by Crippen LogP contribution is 2.16. The summed E-state index contributed by atoms with van der Waals surface area (Å²) in [4.78, 5) is 11.8. The SMILES string of the molecule is CC(C)NC(=O)[C@H](C)N[C@H](C)c1ccc(Cl)cc1. The maximum atomic E-state index is 11.8. The molecule has 0 unspecified atom stereocenters. The minimum atomic E-state index is -0.224. The van der Waals surface area contributed by atoms with E-state index in [-0.39, 0.29) is 24.0 Å². The van der Waals surface area contributed by atoms with Gasteiger partial charge in [-0.3, -0.25) is 10.1 Å². The van der Waals surface area contributed by atoms with E-state index in [9.17, 15) is 4.79 Å². The Morgan fingerprint density at radius 3 is 2.17 bits per heavy atom. The molecule has 3 nitrogen and oxygen atoms in total. The van der Waals surface area contributed by atoms with Crippen LogP contribution in [0.2, 0.25) is 5.02 Å². The highest BCUT2D eigenvalue weighted by molar-refractivity contribution is 6.30. The van der Waals surface area contributed by atoms with Crippen LogP contribution in [0.15, 0.2) is 24.3 Å². The van der Waals surface area contributed by atoms with Crippen LogP contribution in [0.1, 0.15) is 39.3 Å². The molecular weight excluding hydrogens is 248 g/mol. The van der Waals surface area contributed by atoms with E-state index in [0.717, 1.165) is 10.6 Å². The van der Waals surface area contributed by atoms with Gasteiger partial charge in [-0.25, -0.2) is 0 Å². The Morgan fingerprint density at radius 1 is 1.11 bits per heavy atom. The summed E-state index contributed by atoms with van der Waals surface area (Å²) in [5.74, 6) is 0.0193. The smallest absolute Gasteiger partial charge is 0.237 e. The van der Waals surface area contributed by atoms with Crippen molar-refractivity contribution < 1.29 is 4.79 Å². The lowest BCUT2D eigenvalue weighted by atomic mass is 10.1. The number of hydrogen-bond donors (Lipinski definition) is 2. The van der Waals surface area contributed by atoms with Crippen LogP contribution in [0.25, 0.3) is 0 Å². The van der Waals surface area contributed by atoms with Crippen LogP contribution in [-0.4, -0.2) is 18.0 Å². The van der Waals surface area contributed by atoms with Crippen LogP contribution in [-0.2, 0) is 4.79 Å². The van der Waals surface area contributed by atoms with E-state index in [2.05, 4.69) is 10.6 Å². The maximum Gasteiger partial charge on any atom is 0.237 e.